The number of rotatable bonds is 44. The molecule has 1 amide bonds. The number of aliphatic hydroxyl groups is 2. The predicted molar refractivity (Wildman–Crippen MR) is 264 cm³/mol. The first-order valence-corrected chi connectivity index (χ1v) is 25.4. The summed E-state index contributed by atoms with van der Waals surface area (Å²) in [6.45, 7) is 6.31. The molecule has 3 atom stereocenters. The SMILES string of the molecule is CC\C=C/C=C/C=C/C=C\C=C\C=C\CCCCCC(=O)OC(CCCCC/C=C/CCCCCCCCC)CC(=O)NC(CO)C(O)CCCCCCCCCCCCC. The van der Waals surface area contributed by atoms with Gasteiger partial charge in [0.1, 0.15) is 6.10 Å². The van der Waals surface area contributed by atoms with Crippen LogP contribution in [0.2, 0.25) is 0 Å². The van der Waals surface area contributed by atoms with Gasteiger partial charge < -0.3 is 20.3 Å². The maximum absolute atomic E-state index is 13.2. The van der Waals surface area contributed by atoms with Gasteiger partial charge >= 0.3 is 5.97 Å². The molecule has 6 heteroatoms. The number of hydrogen-bond acceptors (Lipinski definition) is 5. The molecular weight excluding hydrogens is 755 g/mol. The maximum atomic E-state index is 13.2. The highest BCUT2D eigenvalue weighted by Crippen LogP contribution is 2.17. The van der Waals surface area contributed by atoms with E-state index in [2.05, 4.69) is 56.5 Å². The molecular formula is C55H95NO5. The van der Waals surface area contributed by atoms with Gasteiger partial charge in [-0.25, -0.2) is 0 Å². The van der Waals surface area contributed by atoms with Crippen LogP contribution in [-0.2, 0) is 14.3 Å². The molecule has 6 nitrogen and oxygen atoms in total. The van der Waals surface area contributed by atoms with E-state index in [0.29, 0.717) is 19.3 Å². The number of allylic oxidation sites excluding steroid dienone is 14. The van der Waals surface area contributed by atoms with Crippen LogP contribution >= 0.6 is 0 Å². The molecule has 0 fully saturated rings. The Morgan fingerprint density at radius 2 is 0.902 bits per heavy atom. The molecule has 0 aliphatic carbocycles. The predicted octanol–water partition coefficient (Wildman–Crippen LogP) is 15.2. The third-order valence-corrected chi connectivity index (χ3v) is 11.1. The number of carbonyl (C=O) groups excluding carboxylic acids is 2. The molecule has 0 aliphatic heterocycles. The minimum Gasteiger partial charge on any atom is -0.462 e. The first-order valence-electron chi connectivity index (χ1n) is 25.4. The number of hydrogen-bond donors (Lipinski definition) is 3. The number of unbranched alkanes of at least 4 members (excludes halogenated alkanes) is 23. The fraction of sp³-hybridized carbons (Fsp3) is 0.709. The summed E-state index contributed by atoms with van der Waals surface area (Å²) in [6.07, 6.45) is 62.1. The summed E-state index contributed by atoms with van der Waals surface area (Å²) < 4.78 is 5.90. The van der Waals surface area contributed by atoms with Gasteiger partial charge in [-0.2, -0.15) is 0 Å². The van der Waals surface area contributed by atoms with Crippen LogP contribution in [0, 0.1) is 0 Å². The van der Waals surface area contributed by atoms with Gasteiger partial charge in [0.05, 0.1) is 25.2 Å². The van der Waals surface area contributed by atoms with E-state index in [0.717, 1.165) is 83.5 Å². The maximum Gasteiger partial charge on any atom is 0.306 e. The van der Waals surface area contributed by atoms with Crippen LogP contribution in [0.4, 0.5) is 0 Å². The lowest BCUT2D eigenvalue weighted by Gasteiger charge is -2.24. The zero-order valence-corrected chi connectivity index (χ0v) is 39.8. The number of ether oxygens (including phenoxy) is 1. The molecule has 0 aliphatic rings. The third-order valence-electron chi connectivity index (χ3n) is 11.1. The lowest BCUT2D eigenvalue weighted by molar-refractivity contribution is -0.151. The number of amides is 1. The molecule has 0 spiro atoms. The van der Waals surface area contributed by atoms with Crippen LogP contribution in [0.15, 0.2) is 85.1 Å². The van der Waals surface area contributed by atoms with Crippen molar-refractivity contribution in [2.75, 3.05) is 6.61 Å². The van der Waals surface area contributed by atoms with Gasteiger partial charge in [-0.3, -0.25) is 9.59 Å². The van der Waals surface area contributed by atoms with Gasteiger partial charge in [0.25, 0.3) is 0 Å². The highest BCUT2D eigenvalue weighted by atomic mass is 16.5. The van der Waals surface area contributed by atoms with E-state index in [4.69, 9.17) is 4.74 Å². The van der Waals surface area contributed by atoms with E-state index in [1.807, 2.05) is 54.7 Å². The highest BCUT2D eigenvalue weighted by Gasteiger charge is 2.24. The number of esters is 1. The number of aliphatic hydroxyl groups excluding tert-OH is 2. The van der Waals surface area contributed by atoms with Gasteiger partial charge in [0.2, 0.25) is 5.91 Å². The molecule has 0 rings (SSSR count). The Morgan fingerprint density at radius 3 is 1.41 bits per heavy atom. The van der Waals surface area contributed by atoms with Crippen LogP contribution in [0.5, 0.6) is 0 Å². The van der Waals surface area contributed by atoms with E-state index in [9.17, 15) is 19.8 Å². The van der Waals surface area contributed by atoms with Gasteiger partial charge in [0.15, 0.2) is 0 Å². The smallest absolute Gasteiger partial charge is 0.306 e. The standard InChI is InChI=1S/C55H95NO5/c1-4-7-10-13-16-19-22-24-26-27-28-30-33-36-39-42-45-48-55(60)61-51(46-43-40-37-34-32-29-25-23-20-17-14-11-8-5-2)49-54(59)56-52(50-57)53(58)47-44-41-38-35-31-21-18-15-12-9-6-3/h7,10,13,16,19,22,24,26-30,32-33,51-53,57-58H,4-6,8-9,11-12,14-15,17-18,20-21,23,25,31,34-50H2,1-3H3,(H,56,59)/b10-7-,16-13+,22-19+,26-24-,28-27+,32-29+,33-30+. The number of carbonyl (C=O) groups is 2. The molecule has 3 N–H and O–H groups in total. The summed E-state index contributed by atoms with van der Waals surface area (Å²) in [7, 11) is 0. The lowest BCUT2D eigenvalue weighted by atomic mass is 10.0. The molecule has 0 radical (unpaired) electrons. The summed E-state index contributed by atoms with van der Waals surface area (Å²) in [5, 5.41) is 23.7. The van der Waals surface area contributed by atoms with E-state index < -0.39 is 18.2 Å². The molecule has 0 aromatic carbocycles. The fourth-order valence-corrected chi connectivity index (χ4v) is 7.28. The van der Waals surface area contributed by atoms with Crippen LogP contribution in [0.3, 0.4) is 0 Å². The molecule has 0 aromatic heterocycles. The minimum atomic E-state index is -0.803. The van der Waals surface area contributed by atoms with Crippen molar-refractivity contribution in [1.29, 1.82) is 0 Å². The van der Waals surface area contributed by atoms with Crippen molar-refractivity contribution >= 4 is 11.9 Å². The lowest BCUT2D eigenvalue weighted by Crippen LogP contribution is -2.46. The van der Waals surface area contributed by atoms with Crippen LogP contribution in [0.1, 0.15) is 226 Å². The van der Waals surface area contributed by atoms with Gasteiger partial charge in [0, 0.05) is 6.42 Å². The zero-order chi connectivity index (χ0) is 44.5. The summed E-state index contributed by atoms with van der Waals surface area (Å²) in [5.41, 5.74) is 0. The fourth-order valence-electron chi connectivity index (χ4n) is 7.28. The van der Waals surface area contributed by atoms with Gasteiger partial charge in [-0.1, -0.05) is 228 Å². The average molecular weight is 850 g/mol. The Balaban J connectivity index is 4.72. The second-order valence-corrected chi connectivity index (χ2v) is 17.0. The van der Waals surface area contributed by atoms with Crippen molar-refractivity contribution in [2.24, 2.45) is 0 Å². The van der Waals surface area contributed by atoms with Crippen molar-refractivity contribution in [3.63, 3.8) is 0 Å². The normalized spacial score (nSPS) is 14.0. The second kappa shape index (κ2) is 48.1. The van der Waals surface area contributed by atoms with E-state index >= 15 is 0 Å². The van der Waals surface area contributed by atoms with Crippen LogP contribution in [-0.4, -0.2) is 46.9 Å². The van der Waals surface area contributed by atoms with Gasteiger partial charge in [-0.05, 0) is 70.6 Å². The molecule has 0 saturated carbocycles. The topological polar surface area (TPSA) is 95.9 Å². The molecule has 61 heavy (non-hydrogen) atoms. The van der Waals surface area contributed by atoms with Crippen molar-refractivity contribution in [3.05, 3.63) is 85.1 Å². The van der Waals surface area contributed by atoms with Crippen molar-refractivity contribution in [2.45, 2.75) is 244 Å². The molecule has 3 unspecified atom stereocenters. The van der Waals surface area contributed by atoms with E-state index in [1.165, 1.54) is 96.3 Å². The highest BCUT2D eigenvalue weighted by molar-refractivity contribution is 5.77. The Kier molecular flexibility index (Phi) is 45.7. The monoisotopic (exact) mass is 850 g/mol. The summed E-state index contributed by atoms with van der Waals surface area (Å²) in [5.74, 6) is -0.544. The Morgan fingerprint density at radius 1 is 0.492 bits per heavy atom. The summed E-state index contributed by atoms with van der Waals surface area (Å²) >= 11 is 0. The van der Waals surface area contributed by atoms with Crippen LogP contribution in [0.25, 0.3) is 0 Å². The first-order chi connectivity index (χ1) is 30.0. The van der Waals surface area contributed by atoms with Crippen molar-refractivity contribution < 1.29 is 24.5 Å². The van der Waals surface area contributed by atoms with Crippen molar-refractivity contribution in [1.82, 2.24) is 5.32 Å². The number of nitrogens with one attached hydrogen (secondary N) is 1. The first kappa shape index (κ1) is 58.0. The molecule has 0 aromatic rings. The van der Waals surface area contributed by atoms with E-state index in [-0.39, 0.29) is 24.9 Å². The molecule has 350 valence electrons. The van der Waals surface area contributed by atoms with Crippen molar-refractivity contribution in [3.8, 4) is 0 Å². The Labute approximate surface area is 376 Å². The Bertz CT molecular complexity index is 1180. The molecule has 0 heterocycles. The third kappa shape index (κ3) is 43.5. The van der Waals surface area contributed by atoms with Gasteiger partial charge in [-0.15, -0.1) is 0 Å². The average Bonchev–Trinajstić information content (AvgIpc) is 3.25. The molecule has 0 bridgehead atoms. The quantitative estimate of drug-likeness (QED) is 0.0246. The second-order valence-electron chi connectivity index (χ2n) is 17.0. The molecule has 0 saturated heterocycles. The van der Waals surface area contributed by atoms with E-state index in [1.54, 1.807) is 0 Å². The van der Waals surface area contributed by atoms with Crippen LogP contribution < -0.4 is 5.32 Å². The Hall–Kier alpha value is -2.96. The summed E-state index contributed by atoms with van der Waals surface area (Å²) in [6, 6.07) is -0.719. The minimum absolute atomic E-state index is 0.0449. The largest absolute Gasteiger partial charge is 0.462 e. The summed E-state index contributed by atoms with van der Waals surface area (Å²) in [4.78, 5) is 26.1. The zero-order valence-electron chi connectivity index (χ0n) is 39.8.